The Morgan fingerprint density at radius 2 is 0.972 bits per heavy atom. The van der Waals surface area contributed by atoms with Crippen molar-refractivity contribution < 1.29 is 63.7 Å². The van der Waals surface area contributed by atoms with Crippen LogP contribution >= 0.6 is 0 Å². The molecule has 8 aromatic heterocycles. The highest BCUT2D eigenvalue weighted by Gasteiger charge is 2.56. The van der Waals surface area contributed by atoms with Crippen molar-refractivity contribution >= 4 is 130 Å². The highest BCUT2D eigenvalue weighted by molar-refractivity contribution is 7.91. The van der Waals surface area contributed by atoms with E-state index in [0.717, 1.165) is 174 Å². The summed E-state index contributed by atoms with van der Waals surface area (Å²) in [6, 6.07) is 8.07. The van der Waals surface area contributed by atoms with Gasteiger partial charge in [-0.05, 0) is 226 Å². The predicted octanol–water partition coefficient (Wildman–Crippen LogP) is 10.2. The van der Waals surface area contributed by atoms with Crippen molar-refractivity contribution in [3.63, 3.8) is 0 Å². The number of hydrazone groups is 1. The van der Waals surface area contributed by atoms with Crippen LogP contribution in [0.2, 0.25) is 0 Å². The molecular formula is C77H96B4N10O14S3. The van der Waals surface area contributed by atoms with Crippen molar-refractivity contribution in [1.82, 2.24) is 44.8 Å². The standard InChI is InChI=1S/C22H27BN4O.C19H23BN2O4S.C18H23BN2O5S.C18H23BN2O4S/c1-22-9-13-7-14(10-22)18(15(8-13)11-22)20-19-16-3-4-24-21(16)25-12-17(19)23-27(26-20)5-2-6-28-23;23-20-8-16(18-15-4-5-21-19(15)22-9-17(18)26-20)14-6-13(7-14)11-27(24,25)10-12-2-1-3-12;1-25-5-2-6-27(23,24)11-12-7-13(8-12)15-9-19(22)26-16-10-21-18-14(17(15)16)3-4-20-18;1-2-3-6-26(23,24)11-12-7-13(8-12)15-9-19(22)25-16-10-21-18-14(17(15)16)4-5-20-18/h3-4,12-15,18H,2,5-11H2,1H3,(H,24,25);4-5,8-9,12-14,23H,1-3,6-7,10-11H2,(H,21,22);3-4,9-10,12-13,22H,2,5-8,11H2,1H3,(H,20,21);4-5,9-10,12-13,22H,2-3,6-8,11H2,1H3,(H,20,21). The normalized spacial score (nSPS) is 27.3. The number of H-pyrrole nitrogens is 4. The molecule has 8 aliphatic carbocycles. The SMILES string of the molecule is CC12CC3CC(C1)C(C1=NN4CCCOB4c4cnc5[nH]ccc5c41)C(C3)C2.CCCCS(=O)(=O)CC1CC(C2=CB(O)Oc3cnc4[nH]ccc4c32)C1.COCCCS(=O)(=O)CC1CC(C2=CB(O)Oc3cnc4[nH]ccc4c32)C1.O=S(=O)(CC1CCC1)CC1CC(C2=CB(O)Oc3cnc4[nH]ccc4c32)C1. The van der Waals surface area contributed by atoms with E-state index in [1.54, 1.807) is 43.6 Å². The number of pyridine rings is 4. The summed E-state index contributed by atoms with van der Waals surface area (Å²) in [5.41, 5.74) is 13.9. The molecule has 13 heterocycles. The molecule has 568 valence electrons. The fourth-order valence-electron chi connectivity index (χ4n) is 20.6. The molecule has 7 N–H and O–H groups in total. The number of methoxy groups -OCH3 is 1. The summed E-state index contributed by atoms with van der Waals surface area (Å²) >= 11 is 0. The number of ether oxygens (including phenoxy) is 1. The largest absolute Gasteiger partial charge is 0.552 e. The molecule has 8 saturated carbocycles. The van der Waals surface area contributed by atoms with Gasteiger partial charge >= 0.3 is 28.4 Å². The van der Waals surface area contributed by atoms with Crippen LogP contribution in [0.15, 0.2) is 96.9 Å². The van der Waals surface area contributed by atoms with E-state index in [1.807, 2.05) is 56.1 Å². The molecule has 31 heteroatoms. The second-order valence-corrected chi connectivity index (χ2v) is 40.0. The number of allylic oxidation sites excluding steroid dienone is 3. The Bertz CT molecular complexity index is 5180. The van der Waals surface area contributed by atoms with Crippen LogP contribution in [-0.2, 0) is 38.9 Å². The Morgan fingerprint density at radius 1 is 0.546 bits per heavy atom. The first-order valence-corrected chi connectivity index (χ1v) is 44.7. The molecule has 2 atom stereocenters. The second-order valence-electron chi connectivity index (χ2n) is 33.4. The van der Waals surface area contributed by atoms with E-state index in [1.165, 1.54) is 60.6 Å². The molecule has 4 bridgehead atoms. The molecule has 0 radical (unpaired) electrons. The maximum absolute atomic E-state index is 12.4. The molecule has 0 spiro atoms. The Balaban J connectivity index is 0.000000106. The molecule has 2 unspecified atom stereocenters. The van der Waals surface area contributed by atoms with Crippen LogP contribution in [0.4, 0.5) is 0 Å². The van der Waals surface area contributed by atoms with Crippen LogP contribution in [0.1, 0.15) is 152 Å². The summed E-state index contributed by atoms with van der Waals surface area (Å²) in [5.74, 6) is 13.5. The van der Waals surface area contributed by atoms with Crippen LogP contribution in [0.3, 0.4) is 0 Å². The molecule has 1 saturated heterocycles. The lowest BCUT2D eigenvalue weighted by Crippen LogP contribution is -2.59. The highest BCUT2D eigenvalue weighted by Crippen LogP contribution is 2.63. The van der Waals surface area contributed by atoms with Crippen molar-refractivity contribution in [3.05, 3.63) is 114 Å². The van der Waals surface area contributed by atoms with E-state index < -0.39 is 50.9 Å². The number of hydrogen-bond acceptors (Lipinski definition) is 20. The van der Waals surface area contributed by atoms with Crippen molar-refractivity contribution in [1.29, 1.82) is 0 Å². The van der Waals surface area contributed by atoms with E-state index >= 15 is 0 Å². The van der Waals surface area contributed by atoms with Gasteiger partial charge in [0.2, 0.25) is 0 Å². The molecule has 24 nitrogen and oxygen atoms in total. The third-order valence-electron chi connectivity index (χ3n) is 25.4. The summed E-state index contributed by atoms with van der Waals surface area (Å²) in [7, 11) is -10.4. The lowest BCUT2D eigenvalue weighted by Gasteiger charge is -2.59. The fraction of sp³-hybridized carbons (Fsp3) is 0.545. The Hall–Kier alpha value is -7.24. The molecule has 5 aliphatic heterocycles. The summed E-state index contributed by atoms with van der Waals surface area (Å²) < 4.78 is 101. The predicted molar refractivity (Wildman–Crippen MR) is 422 cm³/mol. The van der Waals surface area contributed by atoms with Crippen molar-refractivity contribution in [2.24, 2.45) is 75.6 Å². The van der Waals surface area contributed by atoms with Gasteiger partial charge in [0, 0.05) is 113 Å². The quantitative estimate of drug-likeness (QED) is 0.0292. The number of rotatable bonds is 19. The van der Waals surface area contributed by atoms with Gasteiger partial charge in [-0.3, -0.25) is 0 Å². The third-order valence-corrected chi connectivity index (χ3v) is 31.1. The van der Waals surface area contributed by atoms with Gasteiger partial charge in [0.05, 0.1) is 58.8 Å². The number of aromatic nitrogens is 8. The van der Waals surface area contributed by atoms with Gasteiger partial charge in [0.1, 0.15) is 39.8 Å². The minimum Gasteiger partial charge on any atom is -0.531 e. The van der Waals surface area contributed by atoms with Crippen molar-refractivity contribution in [2.45, 2.75) is 129 Å². The van der Waals surface area contributed by atoms with Crippen molar-refractivity contribution in [3.8, 4) is 17.2 Å². The average molecular weight is 1530 g/mol. The van der Waals surface area contributed by atoms with Gasteiger partial charge in [-0.15, -0.1) is 0 Å². The third kappa shape index (κ3) is 14.9. The van der Waals surface area contributed by atoms with E-state index in [9.17, 15) is 40.3 Å². The molecule has 21 rings (SSSR count). The maximum atomic E-state index is 12.4. The average Bonchev–Trinajstić information content (AvgIpc) is 0.962. The summed E-state index contributed by atoms with van der Waals surface area (Å²) in [5, 5.41) is 39.6. The van der Waals surface area contributed by atoms with Crippen LogP contribution in [0, 0.1) is 70.5 Å². The van der Waals surface area contributed by atoms with Gasteiger partial charge in [-0.1, -0.05) is 26.7 Å². The van der Waals surface area contributed by atoms with E-state index in [2.05, 4.69) is 52.8 Å². The monoisotopic (exact) mass is 1520 g/mol. The zero-order valence-electron chi connectivity index (χ0n) is 61.7. The number of fused-ring (bicyclic) bond motifs is 14. The number of sulfone groups is 3. The topological polar surface area (TPSA) is 340 Å². The van der Waals surface area contributed by atoms with Gasteiger partial charge in [-0.25, -0.2) is 45.2 Å². The lowest BCUT2D eigenvalue weighted by atomic mass is 9.45. The molecule has 0 amide bonds. The van der Waals surface area contributed by atoms with Crippen molar-refractivity contribution in [2.75, 3.05) is 61.4 Å². The smallest absolute Gasteiger partial charge is 0.531 e. The zero-order valence-corrected chi connectivity index (χ0v) is 64.1. The lowest BCUT2D eigenvalue weighted by molar-refractivity contribution is -0.0638. The summed E-state index contributed by atoms with van der Waals surface area (Å²) in [4.78, 5) is 32.5. The number of aromatic amines is 4. The van der Waals surface area contributed by atoms with Gasteiger partial charge in [0.15, 0.2) is 29.5 Å². The first kappa shape index (κ1) is 73.6. The summed E-state index contributed by atoms with van der Waals surface area (Å²) in [6.45, 7) is 6.82. The number of nitrogens with one attached hydrogen (secondary N) is 4. The molecule has 0 aromatic carbocycles. The minimum absolute atomic E-state index is 0.0614. The molecule has 108 heavy (non-hydrogen) atoms. The van der Waals surface area contributed by atoms with E-state index in [-0.39, 0.29) is 59.8 Å². The van der Waals surface area contributed by atoms with Gasteiger partial charge in [0.25, 0.3) is 0 Å². The first-order valence-electron chi connectivity index (χ1n) is 39.2. The highest BCUT2D eigenvalue weighted by atomic mass is 32.2. The van der Waals surface area contributed by atoms with Crippen LogP contribution < -0.4 is 19.4 Å². The molecule has 8 aromatic rings. The van der Waals surface area contributed by atoms with Gasteiger partial charge < -0.3 is 63.3 Å². The number of unbranched alkanes of at least 4 members (excludes halogenated alkanes) is 1. The molecule has 9 fully saturated rings. The Kier molecular flexibility index (Phi) is 20.3. The number of hydrogen-bond donors (Lipinski definition) is 7. The Labute approximate surface area is 632 Å². The summed E-state index contributed by atoms with van der Waals surface area (Å²) in [6.07, 6.45) is 33.0. The second kappa shape index (κ2) is 29.8. The zero-order chi connectivity index (χ0) is 74.4. The fourth-order valence-corrected chi connectivity index (χ4v) is 26.4. The Morgan fingerprint density at radius 3 is 1.40 bits per heavy atom. The van der Waals surface area contributed by atoms with Crippen LogP contribution in [0.5, 0.6) is 17.2 Å². The van der Waals surface area contributed by atoms with Crippen LogP contribution in [-0.4, -0.2) is 181 Å². The van der Waals surface area contributed by atoms with E-state index in [0.29, 0.717) is 64.8 Å². The molecular weight excluding hydrogens is 1430 g/mol. The maximum Gasteiger partial charge on any atom is 0.552 e. The van der Waals surface area contributed by atoms with Crippen LogP contribution in [0.25, 0.3) is 60.9 Å². The number of nitrogens with zero attached hydrogens (tertiary/aromatic N) is 6. The first-order chi connectivity index (χ1) is 52.1. The minimum atomic E-state index is -3.05. The molecule has 13 aliphatic rings. The van der Waals surface area contributed by atoms with E-state index in [4.69, 9.17) is 33.4 Å². The van der Waals surface area contributed by atoms with Gasteiger partial charge in [-0.2, -0.15) is 5.10 Å².